The molecule has 0 radical (unpaired) electrons. The van der Waals surface area contributed by atoms with Crippen molar-refractivity contribution in [1.29, 1.82) is 0 Å². The van der Waals surface area contributed by atoms with Crippen LogP contribution in [0.2, 0.25) is 0 Å². The van der Waals surface area contributed by atoms with Crippen LogP contribution in [-0.2, 0) is 9.59 Å². The zero-order valence-electron chi connectivity index (χ0n) is 10.2. The van der Waals surface area contributed by atoms with Crippen molar-refractivity contribution in [3.63, 3.8) is 0 Å². The molecule has 15 heavy (non-hydrogen) atoms. The summed E-state index contributed by atoms with van der Waals surface area (Å²) in [5.74, 6) is 0.562. The van der Waals surface area contributed by atoms with Crippen LogP contribution >= 0.6 is 12.6 Å². The Kier molecular flexibility index (Phi) is 5.35. The monoisotopic (exact) mass is 231 g/mol. The quantitative estimate of drug-likeness (QED) is 0.749. The Balaban J connectivity index is 4.51. The lowest BCUT2D eigenvalue weighted by atomic mass is 9.86. The molecule has 0 aromatic rings. The fourth-order valence-electron chi connectivity index (χ4n) is 1.29. The standard InChI is InChI=1S/C11H21NO2S/c1-8(10(14)11(2,3)4)12(5)9(13)6-7-15/h8,15H,6-7H2,1-5H3/t8-/m0/s1. The second kappa shape index (κ2) is 5.54. The molecule has 4 heteroatoms. The van der Waals surface area contributed by atoms with Crippen LogP contribution in [0.15, 0.2) is 0 Å². The van der Waals surface area contributed by atoms with E-state index in [1.807, 2.05) is 20.8 Å². The molecule has 88 valence electrons. The maximum atomic E-state index is 11.9. The van der Waals surface area contributed by atoms with Crippen molar-refractivity contribution >= 4 is 24.3 Å². The fourth-order valence-corrected chi connectivity index (χ4v) is 1.48. The van der Waals surface area contributed by atoms with E-state index in [2.05, 4.69) is 12.6 Å². The van der Waals surface area contributed by atoms with Crippen molar-refractivity contribution in [3.05, 3.63) is 0 Å². The van der Waals surface area contributed by atoms with Gasteiger partial charge in [0.05, 0.1) is 6.04 Å². The number of carbonyl (C=O) groups excluding carboxylic acids is 2. The van der Waals surface area contributed by atoms with Gasteiger partial charge < -0.3 is 4.90 Å². The van der Waals surface area contributed by atoms with Crippen LogP contribution in [0, 0.1) is 5.41 Å². The van der Waals surface area contributed by atoms with E-state index in [0.717, 1.165) is 0 Å². The zero-order chi connectivity index (χ0) is 12.2. The van der Waals surface area contributed by atoms with Crippen LogP contribution in [0.5, 0.6) is 0 Å². The lowest BCUT2D eigenvalue weighted by Crippen LogP contribution is -2.44. The van der Waals surface area contributed by atoms with E-state index < -0.39 is 5.41 Å². The van der Waals surface area contributed by atoms with Crippen molar-refractivity contribution in [1.82, 2.24) is 4.90 Å². The average Bonchev–Trinajstić information content (AvgIpc) is 2.13. The zero-order valence-corrected chi connectivity index (χ0v) is 11.1. The van der Waals surface area contributed by atoms with Crippen molar-refractivity contribution in [3.8, 4) is 0 Å². The molecule has 0 heterocycles. The molecule has 1 amide bonds. The summed E-state index contributed by atoms with van der Waals surface area (Å²) in [6.45, 7) is 7.36. The van der Waals surface area contributed by atoms with Crippen molar-refractivity contribution in [2.24, 2.45) is 5.41 Å². The highest BCUT2D eigenvalue weighted by molar-refractivity contribution is 7.80. The van der Waals surface area contributed by atoms with Gasteiger partial charge in [0.15, 0.2) is 5.78 Å². The molecule has 3 nitrogen and oxygen atoms in total. The van der Waals surface area contributed by atoms with Gasteiger partial charge in [-0.3, -0.25) is 9.59 Å². The summed E-state index contributed by atoms with van der Waals surface area (Å²) in [4.78, 5) is 24.9. The third kappa shape index (κ3) is 4.24. The van der Waals surface area contributed by atoms with Crippen molar-refractivity contribution < 1.29 is 9.59 Å². The first-order chi connectivity index (χ1) is 6.71. The van der Waals surface area contributed by atoms with Gasteiger partial charge in [0.2, 0.25) is 5.91 Å². The third-order valence-corrected chi connectivity index (χ3v) is 2.64. The van der Waals surface area contributed by atoms with Crippen LogP contribution in [-0.4, -0.2) is 35.4 Å². The molecule has 0 aliphatic heterocycles. The van der Waals surface area contributed by atoms with Crippen LogP contribution in [0.1, 0.15) is 34.1 Å². The smallest absolute Gasteiger partial charge is 0.223 e. The molecule has 0 aliphatic carbocycles. The predicted octanol–water partition coefficient (Wildman–Crippen LogP) is 1.77. The minimum absolute atomic E-state index is 0.0323. The molecule has 0 spiro atoms. The largest absolute Gasteiger partial charge is 0.336 e. The summed E-state index contributed by atoms with van der Waals surface area (Å²) in [5.41, 5.74) is -0.408. The van der Waals surface area contributed by atoms with E-state index >= 15 is 0 Å². The minimum atomic E-state index is -0.408. The summed E-state index contributed by atoms with van der Waals surface area (Å²) in [6.07, 6.45) is 0.376. The number of hydrogen-bond acceptors (Lipinski definition) is 3. The lowest BCUT2D eigenvalue weighted by Gasteiger charge is -2.29. The normalized spacial score (nSPS) is 13.5. The predicted molar refractivity (Wildman–Crippen MR) is 65.2 cm³/mol. The summed E-state index contributed by atoms with van der Waals surface area (Å²) in [7, 11) is 1.67. The summed E-state index contributed by atoms with van der Waals surface area (Å²) >= 11 is 4.00. The van der Waals surface area contributed by atoms with Gasteiger partial charge in [0.25, 0.3) is 0 Å². The maximum absolute atomic E-state index is 11.9. The first-order valence-electron chi connectivity index (χ1n) is 5.12. The number of thiol groups is 1. The third-order valence-electron chi connectivity index (χ3n) is 2.42. The second-order valence-electron chi connectivity index (χ2n) is 4.77. The SMILES string of the molecule is C[C@@H](C(=O)C(C)(C)C)N(C)C(=O)CCS. The van der Waals surface area contributed by atoms with Crippen molar-refractivity contribution in [2.45, 2.75) is 40.2 Å². The van der Waals surface area contributed by atoms with Gasteiger partial charge >= 0.3 is 0 Å². The Morgan fingerprint density at radius 2 is 1.80 bits per heavy atom. The first-order valence-corrected chi connectivity index (χ1v) is 5.76. The molecule has 0 saturated heterocycles. The van der Waals surface area contributed by atoms with Crippen LogP contribution < -0.4 is 0 Å². The summed E-state index contributed by atoms with van der Waals surface area (Å²) in [6, 6.07) is -0.364. The van der Waals surface area contributed by atoms with E-state index in [-0.39, 0.29) is 17.7 Å². The van der Waals surface area contributed by atoms with E-state index in [1.54, 1.807) is 14.0 Å². The summed E-state index contributed by atoms with van der Waals surface area (Å²) in [5, 5.41) is 0. The molecule has 0 bridgehead atoms. The van der Waals surface area contributed by atoms with Crippen LogP contribution in [0.25, 0.3) is 0 Å². The highest BCUT2D eigenvalue weighted by atomic mass is 32.1. The van der Waals surface area contributed by atoms with Gasteiger partial charge in [0, 0.05) is 18.9 Å². The van der Waals surface area contributed by atoms with Crippen molar-refractivity contribution in [2.75, 3.05) is 12.8 Å². The number of ketones is 1. The number of amides is 1. The van der Waals surface area contributed by atoms with Gasteiger partial charge in [-0.2, -0.15) is 12.6 Å². The number of hydrogen-bond donors (Lipinski definition) is 1. The highest BCUT2D eigenvalue weighted by Crippen LogP contribution is 2.19. The molecule has 0 aromatic heterocycles. The number of nitrogens with zero attached hydrogens (tertiary/aromatic N) is 1. The molecule has 1 atom stereocenters. The Morgan fingerprint density at radius 3 is 2.13 bits per heavy atom. The molecule has 0 unspecified atom stereocenters. The Bertz CT molecular complexity index is 245. The maximum Gasteiger partial charge on any atom is 0.223 e. The number of rotatable bonds is 4. The van der Waals surface area contributed by atoms with Gasteiger partial charge in [-0.25, -0.2) is 0 Å². The van der Waals surface area contributed by atoms with E-state index in [1.165, 1.54) is 4.90 Å². The number of carbonyl (C=O) groups is 2. The highest BCUT2D eigenvalue weighted by Gasteiger charge is 2.30. The Morgan fingerprint density at radius 1 is 1.33 bits per heavy atom. The molecule has 0 aromatic carbocycles. The van der Waals surface area contributed by atoms with E-state index in [0.29, 0.717) is 12.2 Å². The topological polar surface area (TPSA) is 37.4 Å². The molecule has 0 fully saturated rings. The van der Waals surface area contributed by atoms with E-state index in [9.17, 15) is 9.59 Å². The second-order valence-corrected chi connectivity index (χ2v) is 5.22. The number of Topliss-reactive ketones (excluding diaryl/α,β-unsaturated/α-hetero) is 1. The van der Waals surface area contributed by atoms with Gasteiger partial charge in [-0.15, -0.1) is 0 Å². The van der Waals surface area contributed by atoms with Crippen LogP contribution in [0.4, 0.5) is 0 Å². The average molecular weight is 231 g/mol. The van der Waals surface area contributed by atoms with E-state index in [4.69, 9.17) is 0 Å². The molecular formula is C11H21NO2S. The molecule has 0 rings (SSSR count). The van der Waals surface area contributed by atoms with Gasteiger partial charge in [0.1, 0.15) is 0 Å². The number of likely N-dealkylation sites (N-methyl/N-ethyl adjacent to an activating group) is 1. The Labute approximate surface area is 97.6 Å². The minimum Gasteiger partial charge on any atom is -0.336 e. The lowest BCUT2D eigenvalue weighted by molar-refractivity contribution is -0.140. The summed E-state index contributed by atoms with van der Waals surface area (Å²) < 4.78 is 0. The van der Waals surface area contributed by atoms with Gasteiger partial charge in [-0.05, 0) is 12.7 Å². The molecule has 0 saturated carbocycles. The molecule has 0 N–H and O–H groups in total. The fraction of sp³-hybridized carbons (Fsp3) is 0.818. The van der Waals surface area contributed by atoms with Crippen LogP contribution in [0.3, 0.4) is 0 Å². The molecule has 0 aliphatic rings. The molecular weight excluding hydrogens is 210 g/mol. The Hall–Kier alpha value is -0.510. The van der Waals surface area contributed by atoms with Gasteiger partial charge in [-0.1, -0.05) is 20.8 Å². The first kappa shape index (κ1) is 14.5.